The van der Waals surface area contributed by atoms with Crippen LogP contribution < -0.4 is 0 Å². The number of thiazole rings is 1. The molecular weight excluding hydrogens is 236 g/mol. The maximum Gasteiger partial charge on any atom is 0.228 e. The van der Waals surface area contributed by atoms with Gasteiger partial charge in [-0.25, -0.2) is 4.98 Å². The lowest BCUT2D eigenvalue weighted by molar-refractivity contribution is -0.129. The molecule has 0 aromatic carbocycles. The molecule has 1 rings (SSSR count). The Morgan fingerprint density at radius 3 is 2.88 bits per heavy atom. The molecule has 0 aliphatic rings. The van der Waals surface area contributed by atoms with Gasteiger partial charge in [0, 0.05) is 19.0 Å². The highest BCUT2D eigenvalue weighted by Crippen LogP contribution is 2.11. The van der Waals surface area contributed by atoms with Crippen molar-refractivity contribution in [1.82, 2.24) is 9.88 Å². The maximum atomic E-state index is 11.8. The smallest absolute Gasteiger partial charge is 0.228 e. The van der Waals surface area contributed by atoms with Gasteiger partial charge in [0.05, 0.1) is 23.2 Å². The van der Waals surface area contributed by atoms with Gasteiger partial charge in [-0.1, -0.05) is 6.92 Å². The molecule has 0 spiro atoms. The van der Waals surface area contributed by atoms with E-state index in [0.717, 1.165) is 17.1 Å². The van der Waals surface area contributed by atoms with Gasteiger partial charge in [-0.2, -0.15) is 0 Å². The summed E-state index contributed by atoms with van der Waals surface area (Å²) in [6, 6.07) is 0. The highest BCUT2D eigenvalue weighted by Gasteiger charge is 2.12. The van der Waals surface area contributed by atoms with Gasteiger partial charge < -0.3 is 10.0 Å². The summed E-state index contributed by atoms with van der Waals surface area (Å²) in [5, 5.41) is 12.2. The van der Waals surface area contributed by atoms with Gasteiger partial charge in [-0.05, 0) is 19.8 Å². The number of hydrogen-bond donors (Lipinski definition) is 1. The Morgan fingerprint density at radius 2 is 2.35 bits per heavy atom. The highest BCUT2D eigenvalue weighted by molar-refractivity contribution is 7.09. The zero-order valence-electron chi connectivity index (χ0n) is 10.6. The second-order valence-corrected chi connectivity index (χ2v) is 5.16. The molecule has 1 heterocycles. The molecule has 17 heavy (non-hydrogen) atoms. The van der Waals surface area contributed by atoms with Gasteiger partial charge in [0.1, 0.15) is 0 Å². The molecule has 0 aliphatic carbocycles. The van der Waals surface area contributed by atoms with Crippen LogP contribution in [0.2, 0.25) is 0 Å². The van der Waals surface area contributed by atoms with Gasteiger partial charge in [0.25, 0.3) is 0 Å². The number of carbonyl (C=O) groups excluding carboxylic acids is 1. The number of nitrogens with zero attached hydrogens (tertiary/aromatic N) is 2. The maximum absolute atomic E-state index is 11.8. The van der Waals surface area contributed by atoms with E-state index >= 15 is 0 Å². The van der Waals surface area contributed by atoms with Crippen LogP contribution in [-0.2, 0) is 17.6 Å². The number of likely N-dealkylation sites (N-methyl/N-ethyl adjacent to an activating group) is 1. The predicted molar refractivity (Wildman–Crippen MR) is 69.1 cm³/mol. The molecule has 1 aromatic heterocycles. The number of carbonyl (C=O) groups is 1. The third-order valence-electron chi connectivity index (χ3n) is 2.54. The van der Waals surface area contributed by atoms with Gasteiger partial charge >= 0.3 is 0 Å². The summed E-state index contributed by atoms with van der Waals surface area (Å²) in [6.45, 7) is 4.37. The average Bonchev–Trinajstić information content (AvgIpc) is 2.73. The molecule has 0 saturated carbocycles. The Kier molecular flexibility index (Phi) is 5.58. The van der Waals surface area contributed by atoms with Gasteiger partial charge in [0.15, 0.2) is 0 Å². The van der Waals surface area contributed by atoms with Crippen molar-refractivity contribution in [3.05, 3.63) is 16.1 Å². The molecule has 1 N–H and O–H groups in total. The third kappa shape index (κ3) is 4.83. The van der Waals surface area contributed by atoms with E-state index in [1.807, 2.05) is 5.38 Å². The Hall–Kier alpha value is -0.940. The van der Waals surface area contributed by atoms with Crippen LogP contribution in [0.1, 0.15) is 31.0 Å². The molecular formula is C12H20N2O2S. The number of aromatic nitrogens is 1. The van der Waals surface area contributed by atoms with Crippen LogP contribution >= 0.6 is 11.3 Å². The molecule has 0 aliphatic heterocycles. The molecule has 0 bridgehead atoms. The third-order valence-corrected chi connectivity index (χ3v) is 3.58. The van der Waals surface area contributed by atoms with Crippen LogP contribution in [0.15, 0.2) is 5.38 Å². The number of amides is 1. The minimum absolute atomic E-state index is 0.0543. The van der Waals surface area contributed by atoms with Gasteiger partial charge in [0.2, 0.25) is 5.91 Å². The Balaban J connectivity index is 2.42. The first-order chi connectivity index (χ1) is 8.02. The van der Waals surface area contributed by atoms with Crippen LogP contribution in [0.4, 0.5) is 0 Å². The molecule has 1 atom stereocenters. The van der Waals surface area contributed by atoms with Crippen LogP contribution in [0.25, 0.3) is 0 Å². The lowest BCUT2D eigenvalue weighted by Gasteiger charge is -2.17. The van der Waals surface area contributed by atoms with E-state index < -0.39 is 0 Å². The molecule has 1 aromatic rings. The molecule has 0 fully saturated rings. The van der Waals surface area contributed by atoms with Crippen molar-refractivity contribution in [2.24, 2.45) is 0 Å². The molecule has 96 valence electrons. The molecule has 1 unspecified atom stereocenters. The monoisotopic (exact) mass is 256 g/mol. The summed E-state index contributed by atoms with van der Waals surface area (Å²) >= 11 is 1.60. The quantitative estimate of drug-likeness (QED) is 0.838. The Labute approximate surface area is 106 Å². The van der Waals surface area contributed by atoms with Crippen LogP contribution in [0.5, 0.6) is 0 Å². The van der Waals surface area contributed by atoms with E-state index in [4.69, 9.17) is 5.11 Å². The molecule has 0 radical (unpaired) electrons. The van der Waals surface area contributed by atoms with Crippen LogP contribution in [0, 0.1) is 0 Å². The Bertz CT molecular complexity index is 363. The summed E-state index contributed by atoms with van der Waals surface area (Å²) in [7, 11) is 1.76. The predicted octanol–water partition coefficient (Wildman–Crippen LogP) is 1.48. The minimum atomic E-state index is -0.365. The first kappa shape index (κ1) is 14.1. The first-order valence-electron chi connectivity index (χ1n) is 5.88. The zero-order chi connectivity index (χ0) is 12.8. The fraction of sp³-hybridized carbons (Fsp3) is 0.667. The largest absolute Gasteiger partial charge is 0.393 e. The first-order valence-corrected chi connectivity index (χ1v) is 6.76. The topological polar surface area (TPSA) is 53.4 Å². The van der Waals surface area contributed by atoms with E-state index in [1.54, 1.807) is 30.2 Å². The van der Waals surface area contributed by atoms with Gasteiger partial charge in [-0.15, -0.1) is 11.3 Å². The Morgan fingerprint density at radius 1 is 1.65 bits per heavy atom. The number of rotatable bonds is 6. The molecule has 4 nitrogen and oxygen atoms in total. The number of hydrogen-bond acceptors (Lipinski definition) is 4. The fourth-order valence-corrected chi connectivity index (χ4v) is 2.13. The minimum Gasteiger partial charge on any atom is -0.393 e. The second kappa shape index (κ2) is 6.71. The standard InChI is InChI=1S/C12H20N2O2S/c1-4-11-13-10(8-17-11)7-12(16)14(3)6-5-9(2)15/h8-9,15H,4-7H2,1-3H3. The van der Waals surface area contributed by atoms with Crippen molar-refractivity contribution in [1.29, 1.82) is 0 Å². The van der Waals surface area contributed by atoms with Crippen molar-refractivity contribution in [2.75, 3.05) is 13.6 Å². The highest BCUT2D eigenvalue weighted by atomic mass is 32.1. The van der Waals surface area contributed by atoms with Crippen molar-refractivity contribution in [3.8, 4) is 0 Å². The number of aliphatic hydroxyl groups is 1. The van der Waals surface area contributed by atoms with Crippen molar-refractivity contribution < 1.29 is 9.90 Å². The summed E-state index contributed by atoms with van der Waals surface area (Å²) in [5.74, 6) is 0.0543. The summed E-state index contributed by atoms with van der Waals surface area (Å²) < 4.78 is 0. The van der Waals surface area contributed by atoms with E-state index in [1.165, 1.54) is 0 Å². The molecule has 0 saturated heterocycles. The number of aryl methyl sites for hydroxylation is 1. The second-order valence-electron chi connectivity index (χ2n) is 4.22. The summed E-state index contributed by atoms with van der Waals surface area (Å²) in [4.78, 5) is 17.8. The van der Waals surface area contributed by atoms with E-state index in [0.29, 0.717) is 19.4 Å². The average molecular weight is 256 g/mol. The van der Waals surface area contributed by atoms with E-state index in [2.05, 4.69) is 11.9 Å². The van der Waals surface area contributed by atoms with Gasteiger partial charge in [-0.3, -0.25) is 4.79 Å². The van der Waals surface area contributed by atoms with E-state index in [9.17, 15) is 4.79 Å². The summed E-state index contributed by atoms with van der Waals surface area (Å²) in [6.07, 6.45) is 1.51. The normalized spacial score (nSPS) is 12.5. The van der Waals surface area contributed by atoms with Crippen LogP contribution in [0.3, 0.4) is 0 Å². The zero-order valence-corrected chi connectivity index (χ0v) is 11.5. The molecule has 5 heteroatoms. The van der Waals surface area contributed by atoms with Crippen LogP contribution in [-0.4, -0.2) is 40.6 Å². The van der Waals surface area contributed by atoms with Crippen molar-refractivity contribution >= 4 is 17.2 Å². The fourth-order valence-electron chi connectivity index (χ4n) is 1.39. The lowest BCUT2D eigenvalue weighted by Crippen LogP contribution is -2.30. The van der Waals surface area contributed by atoms with Crippen molar-refractivity contribution in [3.63, 3.8) is 0 Å². The van der Waals surface area contributed by atoms with Crippen molar-refractivity contribution in [2.45, 2.75) is 39.2 Å². The SMILES string of the molecule is CCc1nc(CC(=O)N(C)CCC(C)O)cs1. The van der Waals surface area contributed by atoms with E-state index in [-0.39, 0.29) is 12.0 Å². The lowest BCUT2D eigenvalue weighted by atomic mass is 10.2. The number of aliphatic hydroxyl groups excluding tert-OH is 1. The summed E-state index contributed by atoms with van der Waals surface area (Å²) in [5.41, 5.74) is 0.848. The molecule has 1 amide bonds.